The Morgan fingerprint density at radius 1 is 0.759 bits per heavy atom. The average molecular weight is 408 g/mol. The molecule has 0 radical (unpaired) electrons. The van der Waals surface area contributed by atoms with E-state index in [0.29, 0.717) is 11.8 Å². The summed E-state index contributed by atoms with van der Waals surface area (Å²) in [5.41, 5.74) is 0. The van der Waals surface area contributed by atoms with Crippen molar-refractivity contribution in [1.29, 1.82) is 0 Å². The van der Waals surface area contributed by atoms with Gasteiger partial charge in [-0.3, -0.25) is 9.69 Å². The first-order chi connectivity index (χ1) is 14.1. The van der Waals surface area contributed by atoms with E-state index in [4.69, 9.17) is 0 Å². The molecule has 2 atom stereocenters. The summed E-state index contributed by atoms with van der Waals surface area (Å²) in [6.45, 7) is 10.9. The number of unbranched alkanes of at least 4 members (excludes halogenated alkanes) is 4. The highest BCUT2D eigenvalue weighted by molar-refractivity contribution is 5.69. The number of nitrogens with zero attached hydrogens (tertiary/aromatic N) is 1. The zero-order valence-corrected chi connectivity index (χ0v) is 19.9. The molecule has 0 aliphatic carbocycles. The van der Waals surface area contributed by atoms with E-state index in [1.165, 1.54) is 51.4 Å². The Labute approximate surface area is 181 Å². The van der Waals surface area contributed by atoms with E-state index in [-0.39, 0.29) is 6.54 Å². The van der Waals surface area contributed by atoms with Crippen LogP contribution in [0.2, 0.25) is 0 Å². The third kappa shape index (κ3) is 17.5. The van der Waals surface area contributed by atoms with Gasteiger partial charge in [0, 0.05) is 13.1 Å². The molecule has 0 bridgehead atoms. The van der Waals surface area contributed by atoms with Crippen molar-refractivity contribution in [3.05, 3.63) is 24.3 Å². The lowest BCUT2D eigenvalue weighted by atomic mass is 9.95. The fraction of sp³-hybridized carbons (Fsp3) is 0.808. The molecule has 3 nitrogen and oxygen atoms in total. The van der Waals surface area contributed by atoms with Gasteiger partial charge in [0.2, 0.25) is 0 Å². The predicted octanol–water partition coefficient (Wildman–Crippen LogP) is 7.48. The summed E-state index contributed by atoms with van der Waals surface area (Å²) in [7, 11) is 0. The van der Waals surface area contributed by atoms with Gasteiger partial charge in [-0.05, 0) is 63.2 Å². The smallest absolute Gasteiger partial charge is 0.317 e. The number of rotatable bonds is 20. The zero-order chi connectivity index (χ0) is 21.7. The quantitative estimate of drug-likeness (QED) is 0.168. The normalized spacial score (nSPS) is 14.2. The van der Waals surface area contributed by atoms with Crippen LogP contribution in [0.15, 0.2) is 24.3 Å². The Morgan fingerprint density at radius 3 is 1.52 bits per heavy atom. The Kier molecular flexibility index (Phi) is 19.4. The van der Waals surface area contributed by atoms with Gasteiger partial charge in [0.05, 0.1) is 6.54 Å². The third-order valence-corrected chi connectivity index (χ3v) is 5.76. The van der Waals surface area contributed by atoms with Gasteiger partial charge >= 0.3 is 5.97 Å². The molecule has 0 saturated heterocycles. The molecule has 1 N–H and O–H groups in total. The summed E-state index contributed by atoms with van der Waals surface area (Å²) in [5.74, 6) is 0.506. The minimum atomic E-state index is -0.695. The summed E-state index contributed by atoms with van der Waals surface area (Å²) < 4.78 is 0. The molecule has 2 unspecified atom stereocenters. The molecule has 0 aliphatic rings. The molecule has 0 amide bonds. The fourth-order valence-corrected chi connectivity index (χ4v) is 3.83. The standard InChI is InChI=1S/C26H49NO2/c1-5-9-11-13-15-17-19-24(7-3)21-27(23-26(28)29)22-25(8-4)20-18-16-14-12-10-6-2/h11-14,24-25H,5-10,15-23H2,1-4H3,(H,28,29)/b13-11+,14-12+. The molecular weight excluding hydrogens is 358 g/mol. The van der Waals surface area contributed by atoms with Crippen molar-refractivity contribution in [2.75, 3.05) is 19.6 Å². The molecule has 0 heterocycles. The van der Waals surface area contributed by atoms with E-state index in [1.54, 1.807) is 0 Å². The second kappa shape index (κ2) is 20.2. The minimum Gasteiger partial charge on any atom is -0.480 e. The molecule has 170 valence electrons. The topological polar surface area (TPSA) is 40.5 Å². The first-order valence-electron chi connectivity index (χ1n) is 12.3. The van der Waals surface area contributed by atoms with E-state index >= 15 is 0 Å². The third-order valence-electron chi connectivity index (χ3n) is 5.76. The molecule has 29 heavy (non-hydrogen) atoms. The van der Waals surface area contributed by atoms with Gasteiger partial charge in [-0.1, -0.05) is 77.7 Å². The van der Waals surface area contributed by atoms with Crippen LogP contribution in [0.5, 0.6) is 0 Å². The molecule has 0 aliphatic heterocycles. The van der Waals surface area contributed by atoms with Crippen molar-refractivity contribution in [1.82, 2.24) is 4.90 Å². The van der Waals surface area contributed by atoms with Crippen LogP contribution < -0.4 is 0 Å². The second-order valence-corrected chi connectivity index (χ2v) is 8.52. The maximum atomic E-state index is 11.4. The SMILES string of the molecule is CCC/C=C/CCCC(CC)CN(CC(=O)O)CC(CC)CCC/C=C/CCC. The van der Waals surface area contributed by atoms with Gasteiger partial charge in [-0.15, -0.1) is 0 Å². The first kappa shape index (κ1) is 27.9. The molecule has 0 aromatic rings. The Hall–Kier alpha value is -1.09. The Bertz CT molecular complexity index is 398. The number of aliphatic carboxylic acids is 1. The monoisotopic (exact) mass is 407 g/mol. The lowest BCUT2D eigenvalue weighted by Gasteiger charge is -2.29. The number of hydrogen-bond donors (Lipinski definition) is 1. The lowest BCUT2D eigenvalue weighted by molar-refractivity contribution is -0.138. The maximum absolute atomic E-state index is 11.4. The van der Waals surface area contributed by atoms with Crippen molar-refractivity contribution in [3.63, 3.8) is 0 Å². The van der Waals surface area contributed by atoms with Crippen LogP contribution in [0.4, 0.5) is 0 Å². The second-order valence-electron chi connectivity index (χ2n) is 8.52. The number of hydrogen-bond acceptors (Lipinski definition) is 2. The Morgan fingerprint density at radius 2 is 1.17 bits per heavy atom. The number of carboxylic acid groups (broad SMARTS) is 1. The highest BCUT2D eigenvalue weighted by Gasteiger charge is 2.18. The molecule has 0 aromatic heterocycles. The van der Waals surface area contributed by atoms with Crippen molar-refractivity contribution < 1.29 is 9.90 Å². The van der Waals surface area contributed by atoms with Crippen LogP contribution in [0.3, 0.4) is 0 Å². The van der Waals surface area contributed by atoms with Crippen LogP contribution in [0.1, 0.15) is 105 Å². The molecule has 0 spiro atoms. The predicted molar refractivity (Wildman–Crippen MR) is 127 cm³/mol. The van der Waals surface area contributed by atoms with Gasteiger partial charge in [0.25, 0.3) is 0 Å². The zero-order valence-electron chi connectivity index (χ0n) is 19.9. The molecule has 0 aromatic carbocycles. The fourth-order valence-electron chi connectivity index (χ4n) is 3.83. The van der Waals surface area contributed by atoms with E-state index in [1.807, 2.05) is 0 Å². The summed E-state index contributed by atoms with van der Waals surface area (Å²) in [6, 6.07) is 0. The Balaban J connectivity index is 4.48. The number of carbonyl (C=O) groups is 1. The van der Waals surface area contributed by atoms with Crippen LogP contribution in [0, 0.1) is 11.8 Å². The van der Waals surface area contributed by atoms with Crippen molar-refractivity contribution in [2.45, 2.75) is 105 Å². The highest BCUT2D eigenvalue weighted by atomic mass is 16.4. The number of allylic oxidation sites excluding steroid dienone is 4. The van der Waals surface area contributed by atoms with Crippen LogP contribution in [0.25, 0.3) is 0 Å². The van der Waals surface area contributed by atoms with Gasteiger partial charge in [0.15, 0.2) is 0 Å². The largest absolute Gasteiger partial charge is 0.480 e. The van der Waals surface area contributed by atoms with E-state index in [2.05, 4.69) is 56.9 Å². The minimum absolute atomic E-state index is 0.180. The first-order valence-corrected chi connectivity index (χ1v) is 12.3. The summed E-state index contributed by atoms with van der Waals surface area (Å²) in [5, 5.41) is 9.39. The van der Waals surface area contributed by atoms with Crippen molar-refractivity contribution in [3.8, 4) is 0 Å². The van der Waals surface area contributed by atoms with Crippen molar-refractivity contribution >= 4 is 5.97 Å². The van der Waals surface area contributed by atoms with Gasteiger partial charge in [-0.2, -0.15) is 0 Å². The summed E-state index contributed by atoms with van der Waals surface area (Å²) in [4.78, 5) is 13.6. The molecular formula is C26H49NO2. The molecule has 0 fully saturated rings. The van der Waals surface area contributed by atoms with Crippen LogP contribution >= 0.6 is 0 Å². The van der Waals surface area contributed by atoms with E-state index in [9.17, 15) is 9.90 Å². The van der Waals surface area contributed by atoms with Gasteiger partial charge in [0.1, 0.15) is 0 Å². The maximum Gasteiger partial charge on any atom is 0.317 e. The molecule has 0 saturated carbocycles. The molecule has 3 heteroatoms. The highest BCUT2D eigenvalue weighted by Crippen LogP contribution is 2.19. The number of carboxylic acids is 1. The average Bonchev–Trinajstić information content (AvgIpc) is 2.70. The van der Waals surface area contributed by atoms with E-state index in [0.717, 1.165) is 38.8 Å². The van der Waals surface area contributed by atoms with E-state index < -0.39 is 5.97 Å². The van der Waals surface area contributed by atoms with Crippen LogP contribution in [-0.2, 0) is 4.79 Å². The summed E-state index contributed by atoms with van der Waals surface area (Å²) >= 11 is 0. The molecule has 0 rings (SSSR count). The van der Waals surface area contributed by atoms with Gasteiger partial charge < -0.3 is 5.11 Å². The van der Waals surface area contributed by atoms with Crippen molar-refractivity contribution in [2.24, 2.45) is 11.8 Å². The lowest BCUT2D eigenvalue weighted by Crippen LogP contribution is -2.37. The van der Waals surface area contributed by atoms with Gasteiger partial charge in [-0.25, -0.2) is 0 Å². The van der Waals surface area contributed by atoms with Crippen LogP contribution in [-0.4, -0.2) is 35.6 Å². The summed E-state index contributed by atoms with van der Waals surface area (Å²) in [6.07, 6.45) is 23.4.